The third-order valence-electron chi connectivity index (χ3n) is 1.29. The molecule has 1 fully saturated rings. The predicted molar refractivity (Wildman–Crippen MR) is 41.7 cm³/mol. The molecule has 1 unspecified atom stereocenters. The Morgan fingerprint density at radius 2 is 2.18 bits per heavy atom. The van der Waals surface area contributed by atoms with Gasteiger partial charge in [-0.25, -0.2) is 4.79 Å². The Hall–Kier alpha value is 0.940. The summed E-state index contributed by atoms with van der Waals surface area (Å²) in [5.41, 5.74) is 0. The maximum absolute atomic E-state index is 10.4. The molecule has 0 spiro atoms. The van der Waals surface area contributed by atoms with E-state index in [1.807, 2.05) is 0 Å². The van der Waals surface area contributed by atoms with Crippen LogP contribution in [0.2, 0.25) is 0 Å². The number of hydrogen-bond acceptors (Lipinski definition) is 2. The summed E-state index contributed by atoms with van der Waals surface area (Å²) in [6.07, 6.45) is 0.769. The van der Waals surface area contributed by atoms with E-state index in [0.717, 1.165) is 0 Å². The van der Waals surface area contributed by atoms with Gasteiger partial charge in [-0.2, -0.15) is 0 Å². The standard InChI is InChI=1S/C5H7NO3.2Na.H/c7-4-2-1-3(6-4)5(8)9;;;/h3H,1-2H2,(H,6,7)(H,8,9);;;. The average molecular weight is 176 g/mol. The van der Waals surface area contributed by atoms with Gasteiger partial charge >= 0.3 is 35.5 Å². The monoisotopic (exact) mass is 176 g/mol. The predicted octanol–water partition coefficient (Wildman–Crippen LogP) is -1.68. The Labute approximate surface area is 109 Å². The van der Waals surface area contributed by atoms with Crippen molar-refractivity contribution >= 4 is 71.0 Å². The molecule has 2 N–H and O–H groups in total. The van der Waals surface area contributed by atoms with Gasteiger partial charge in [0, 0.05) is 36.0 Å². The molecule has 4 nitrogen and oxygen atoms in total. The molecule has 1 aliphatic rings. The summed E-state index contributed by atoms with van der Waals surface area (Å²) in [4.78, 5) is 20.5. The fourth-order valence-electron chi connectivity index (χ4n) is 0.799. The molecule has 1 aliphatic heterocycles. The number of aliphatic carboxylic acids is 1. The van der Waals surface area contributed by atoms with Crippen LogP contribution in [-0.4, -0.2) is 82.1 Å². The molecule has 1 atom stereocenters. The van der Waals surface area contributed by atoms with Gasteiger partial charge in [0.2, 0.25) is 5.91 Å². The van der Waals surface area contributed by atoms with E-state index in [2.05, 4.69) is 5.32 Å². The van der Waals surface area contributed by atoms with E-state index in [1.165, 1.54) is 0 Å². The van der Waals surface area contributed by atoms with Gasteiger partial charge in [-0.05, 0) is 6.42 Å². The van der Waals surface area contributed by atoms with E-state index >= 15 is 0 Å². The van der Waals surface area contributed by atoms with Crippen molar-refractivity contribution in [3.8, 4) is 0 Å². The molecule has 53 valence electrons. The van der Waals surface area contributed by atoms with Crippen LogP contribution in [0.15, 0.2) is 0 Å². The summed E-state index contributed by atoms with van der Waals surface area (Å²) in [5, 5.41) is 10.6. The molecule has 0 saturated carbocycles. The zero-order valence-corrected chi connectivity index (χ0v) is 7.76. The molecule has 0 aliphatic carbocycles. The SMILES string of the molecule is O=C1CCC(C(=O)O)N1.[NaH].[Na]. The van der Waals surface area contributed by atoms with Crippen LogP contribution >= 0.6 is 0 Å². The molecule has 1 amide bonds. The van der Waals surface area contributed by atoms with Crippen molar-refractivity contribution in [1.29, 1.82) is 0 Å². The summed E-state index contributed by atoms with van der Waals surface area (Å²) in [7, 11) is 0. The molecule has 1 heterocycles. The summed E-state index contributed by atoms with van der Waals surface area (Å²) >= 11 is 0. The van der Waals surface area contributed by atoms with E-state index in [-0.39, 0.29) is 65.0 Å². The normalized spacial score (nSPS) is 21.1. The second kappa shape index (κ2) is 6.46. The van der Waals surface area contributed by atoms with Crippen LogP contribution in [0.5, 0.6) is 0 Å². The van der Waals surface area contributed by atoms with E-state index in [4.69, 9.17) is 5.11 Å². The number of rotatable bonds is 1. The number of amides is 1. The van der Waals surface area contributed by atoms with E-state index in [0.29, 0.717) is 12.8 Å². The summed E-state index contributed by atoms with van der Waals surface area (Å²) in [6, 6.07) is -0.641. The smallest absolute Gasteiger partial charge is 0 e. The summed E-state index contributed by atoms with van der Waals surface area (Å²) in [5.74, 6) is -1.11. The minimum atomic E-state index is -0.944. The number of nitrogens with one attached hydrogen (secondary N) is 1. The van der Waals surface area contributed by atoms with Gasteiger partial charge in [-0.15, -0.1) is 0 Å². The molecule has 0 bridgehead atoms. The third-order valence-corrected chi connectivity index (χ3v) is 1.29. The second-order valence-corrected chi connectivity index (χ2v) is 2.00. The molecule has 1 rings (SSSR count). The van der Waals surface area contributed by atoms with Crippen molar-refractivity contribution in [2.24, 2.45) is 0 Å². The molecule has 11 heavy (non-hydrogen) atoms. The molecule has 6 heteroatoms. The minimum absolute atomic E-state index is 0. The first-order chi connectivity index (χ1) is 4.20. The van der Waals surface area contributed by atoms with E-state index in [1.54, 1.807) is 0 Å². The van der Waals surface area contributed by atoms with Crippen LogP contribution in [-0.2, 0) is 9.59 Å². The van der Waals surface area contributed by atoms with Gasteiger partial charge in [-0.3, -0.25) is 4.79 Å². The van der Waals surface area contributed by atoms with Crippen molar-refractivity contribution < 1.29 is 14.7 Å². The fraction of sp³-hybridized carbons (Fsp3) is 0.600. The van der Waals surface area contributed by atoms with Gasteiger partial charge in [-0.1, -0.05) is 0 Å². The third kappa shape index (κ3) is 4.50. The maximum Gasteiger partial charge on any atom is 0 e. The Bertz CT molecular complexity index is 162. The van der Waals surface area contributed by atoms with E-state index < -0.39 is 12.0 Å². The molecule has 1 radical (unpaired) electrons. The van der Waals surface area contributed by atoms with Gasteiger partial charge in [0.15, 0.2) is 0 Å². The van der Waals surface area contributed by atoms with Crippen LogP contribution in [0.3, 0.4) is 0 Å². The molecule has 0 aromatic carbocycles. The zero-order chi connectivity index (χ0) is 6.85. The molecule has 1 saturated heterocycles. The van der Waals surface area contributed by atoms with Crippen LogP contribution in [0.25, 0.3) is 0 Å². The first kappa shape index (κ1) is 14.5. The molecular formula is C5H8NNa2O3. The Morgan fingerprint density at radius 3 is 2.36 bits per heavy atom. The summed E-state index contributed by atoms with van der Waals surface area (Å²) in [6.45, 7) is 0. The van der Waals surface area contributed by atoms with Gasteiger partial charge in [0.25, 0.3) is 0 Å². The summed E-state index contributed by atoms with van der Waals surface area (Å²) < 4.78 is 0. The number of carboxylic acid groups (broad SMARTS) is 1. The number of hydrogen-bond donors (Lipinski definition) is 2. The van der Waals surface area contributed by atoms with Crippen LogP contribution in [0.1, 0.15) is 12.8 Å². The molecular weight excluding hydrogens is 168 g/mol. The second-order valence-electron chi connectivity index (χ2n) is 2.00. The fourth-order valence-corrected chi connectivity index (χ4v) is 0.799. The largest absolute Gasteiger partial charge is 0 e. The van der Waals surface area contributed by atoms with Gasteiger partial charge in [0.05, 0.1) is 0 Å². The van der Waals surface area contributed by atoms with Crippen molar-refractivity contribution in [3.63, 3.8) is 0 Å². The topological polar surface area (TPSA) is 66.4 Å². The van der Waals surface area contributed by atoms with Crippen LogP contribution < -0.4 is 5.32 Å². The number of carbonyl (C=O) groups excluding carboxylic acids is 1. The van der Waals surface area contributed by atoms with Crippen molar-refractivity contribution in [2.75, 3.05) is 0 Å². The minimum Gasteiger partial charge on any atom is 0 e. The average Bonchev–Trinajstić information content (AvgIpc) is 2.14. The van der Waals surface area contributed by atoms with Gasteiger partial charge < -0.3 is 10.4 Å². The Kier molecular flexibility index (Phi) is 8.49. The molecule has 0 aromatic rings. The molecule has 0 aromatic heterocycles. The van der Waals surface area contributed by atoms with Gasteiger partial charge in [0.1, 0.15) is 6.04 Å². The van der Waals surface area contributed by atoms with Crippen LogP contribution in [0, 0.1) is 0 Å². The van der Waals surface area contributed by atoms with Crippen molar-refractivity contribution in [1.82, 2.24) is 5.32 Å². The Morgan fingerprint density at radius 1 is 1.64 bits per heavy atom. The Balaban J connectivity index is 0. The van der Waals surface area contributed by atoms with Crippen molar-refractivity contribution in [3.05, 3.63) is 0 Å². The number of carboxylic acids is 1. The van der Waals surface area contributed by atoms with Crippen LogP contribution in [0.4, 0.5) is 0 Å². The van der Waals surface area contributed by atoms with E-state index in [9.17, 15) is 9.59 Å². The zero-order valence-electron chi connectivity index (χ0n) is 5.76. The first-order valence-electron chi connectivity index (χ1n) is 2.72. The maximum atomic E-state index is 10.4. The quantitative estimate of drug-likeness (QED) is 0.469. The van der Waals surface area contributed by atoms with Crippen molar-refractivity contribution in [2.45, 2.75) is 18.9 Å². The number of carbonyl (C=O) groups is 2. The first-order valence-corrected chi connectivity index (χ1v) is 2.72.